The number of ether oxygens (including phenoxy) is 2. The highest BCUT2D eigenvalue weighted by Crippen LogP contribution is 2.30. The molecule has 8 nitrogen and oxygen atoms in total. The number of aryl methyl sites for hydroxylation is 2. The van der Waals surface area contributed by atoms with Crippen LogP contribution in [0.25, 0.3) is 6.08 Å². The Morgan fingerprint density at radius 2 is 1.73 bits per heavy atom. The molecule has 0 bridgehead atoms. The first-order valence-corrected chi connectivity index (χ1v) is 13.8. The third kappa shape index (κ3) is 5.90. The van der Waals surface area contributed by atoms with E-state index in [1.165, 1.54) is 18.4 Å². The minimum absolute atomic E-state index is 0.133. The topological polar surface area (TPSA) is 99.0 Å². The van der Waals surface area contributed by atoms with Crippen molar-refractivity contribution in [3.8, 4) is 5.75 Å². The third-order valence-electron chi connectivity index (χ3n) is 6.88. The molecular weight excluding hydrogens is 538 g/mol. The molecule has 2 heterocycles. The highest BCUT2D eigenvalue weighted by molar-refractivity contribution is 7.07. The number of hydrogen-bond donors (Lipinski definition) is 1. The number of rotatable bonds is 7. The summed E-state index contributed by atoms with van der Waals surface area (Å²) in [6.07, 6.45) is 1.78. The van der Waals surface area contributed by atoms with E-state index in [1.807, 2.05) is 74.5 Å². The van der Waals surface area contributed by atoms with E-state index in [2.05, 4.69) is 10.3 Å². The fraction of sp³-hybridized carbons (Fsp3) is 0.188. The molecule has 1 N–H and O–H groups in total. The molecule has 1 atom stereocenters. The van der Waals surface area contributed by atoms with Crippen LogP contribution < -0.4 is 24.9 Å². The summed E-state index contributed by atoms with van der Waals surface area (Å²) in [5, 5.41) is 2.84. The van der Waals surface area contributed by atoms with Gasteiger partial charge in [-0.2, -0.15) is 0 Å². The van der Waals surface area contributed by atoms with Gasteiger partial charge in [0.2, 0.25) is 0 Å². The van der Waals surface area contributed by atoms with Crippen LogP contribution in [0.2, 0.25) is 0 Å². The van der Waals surface area contributed by atoms with Gasteiger partial charge >= 0.3 is 5.97 Å². The van der Waals surface area contributed by atoms with E-state index in [9.17, 15) is 14.4 Å². The van der Waals surface area contributed by atoms with Crippen LogP contribution >= 0.6 is 11.3 Å². The number of carbonyl (C=O) groups excluding carboxylic acids is 2. The molecule has 1 unspecified atom stereocenters. The Balaban J connectivity index is 1.37. The Kier molecular flexibility index (Phi) is 7.98. The van der Waals surface area contributed by atoms with Gasteiger partial charge in [0.25, 0.3) is 11.5 Å². The maximum absolute atomic E-state index is 13.6. The summed E-state index contributed by atoms with van der Waals surface area (Å²) in [5.41, 5.74) is 5.15. The van der Waals surface area contributed by atoms with Gasteiger partial charge in [-0.15, -0.1) is 0 Å². The average molecular weight is 568 g/mol. The lowest BCUT2D eigenvalue weighted by molar-refractivity contribution is -0.136. The van der Waals surface area contributed by atoms with Crippen LogP contribution in [0.1, 0.15) is 35.2 Å². The van der Waals surface area contributed by atoms with Gasteiger partial charge in [-0.05, 0) is 73.4 Å². The molecule has 3 aromatic carbocycles. The molecule has 0 fully saturated rings. The van der Waals surface area contributed by atoms with Gasteiger partial charge in [0.05, 0.1) is 29.0 Å². The number of aromatic nitrogens is 1. The Morgan fingerprint density at radius 3 is 2.41 bits per heavy atom. The number of carbonyl (C=O) groups is 2. The zero-order valence-electron chi connectivity index (χ0n) is 23.1. The first-order valence-electron chi connectivity index (χ1n) is 13.0. The number of methoxy groups -OCH3 is 1. The number of benzene rings is 3. The van der Waals surface area contributed by atoms with Crippen LogP contribution in [-0.4, -0.2) is 30.2 Å². The van der Waals surface area contributed by atoms with Crippen LogP contribution in [0, 0.1) is 13.8 Å². The van der Waals surface area contributed by atoms with Gasteiger partial charge in [0, 0.05) is 5.69 Å². The number of thiazole rings is 1. The van der Waals surface area contributed by atoms with E-state index in [4.69, 9.17) is 9.47 Å². The smallest absolute Gasteiger partial charge is 0.338 e. The molecule has 0 saturated heterocycles. The molecule has 208 valence electrons. The van der Waals surface area contributed by atoms with Gasteiger partial charge in [-0.3, -0.25) is 14.2 Å². The number of nitrogens with one attached hydrogen (secondary N) is 1. The lowest BCUT2D eigenvalue weighted by Gasteiger charge is -2.24. The quantitative estimate of drug-likeness (QED) is 0.340. The van der Waals surface area contributed by atoms with Crippen molar-refractivity contribution in [2.24, 2.45) is 4.99 Å². The number of nitrogens with zero attached hydrogens (tertiary/aromatic N) is 2. The summed E-state index contributed by atoms with van der Waals surface area (Å²) in [6, 6.07) is 21.6. The predicted octanol–water partition coefficient (Wildman–Crippen LogP) is 4.04. The number of amides is 1. The van der Waals surface area contributed by atoms with Crippen molar-refractivity contribution in [1.82, 2.24) is 4.57 Å². The van der Waals surface area contributed by atoms with Gasteiger partial charge in [-0.25, -0.2) is 9.79 Å². The fourth-order valence-corrected chi connectivity index (χ4v) is 5.67. The van der Waals surface area contributed by atoms with Crippen LogP contribution in [0.5, 0.6) is 5.75 Å². The standard InChI is InChI=1S/C32H29N3O5S/c1-19-10-13-24(16-20(19)2)34-27(36)18-40-25-14-11-22(12-15-25)17-26-30(37)35-29(23-8-6-5-7-9-23)28(31(38)39-4)21(3)33-32(35)41-26/h5-17,29H,18H2,1-4H3,(H,34,36). The molecule has 1 aromatic heterocycles. The number of fused-ring (bicyclic) bond motifs is 1. The van der Waals surface area contributed by atoms with Crippen molar-refractivity contribution in [2.75, 3.05) is 19.0 Å². The zero-order valence-corrected chi connectivity index (χ0v) is 24.0. The molecule has 1 aliphatic heterocycles. The first-order chi connectivity index (χ1) is 19.7. The second-order valence-electron chi connectivity index (χ2n) is 9.69. The molecule has 0 radical (unpaired) electrons. The molecule has 1 amide bonds. The first kappa shape index (κ1) is 27.8. The van der Waals surface area contributed by atoms with Crippen molar-refractivity contribution in [3.63, 3.8) is 0 Å². The minimum Gasteiger partial charge on any atom is -0.484 e. The molecule has 0 spiro atoms. The van der Waals surface area contributed by atoms with Crippen LogP contribution in [0.4, 0.5) is 5.69 Å². The maximum atomic E-state index is 13.6. The molecule has 41 heavy (non-hydrogen) atoms. The Morgan fingerprint density at radius 1 is 1.00 bits per heavy atom. The number of esters is 1. The van der Waals surface area contributed by atoms with Crippen LogP contribution in [0.15, 0.2) is 93.9 Å². The SMILES string of the molecule is COC(=O)C1=C(C)N=c2sc(=Cc3ccc(OCC(=O)Nc4ccc(C)c(C)c4)cc3)c(=O)n2C1c1ccccc1. The minimum atomic E-state index is -0.646. The van der Waals surface area contributed by atoms with Crippen molar-refractivity contribution in [2.45, 2.75) is 26.8 Å². The molecular formula is C32H29N3O5S. The summed E-state index contributed by atoms with van der Waals surface area (Å²) in [7, 11) is 1.32. The second kappa shape index (κ2) is 11.8. The predicted molar refractivity (Wildman–Crippen MR) is 159 cm³/mol. The Hall–Kier alpha value is -4.76. The number of allylic oxidation sites excluding steroid dienone is 1. The summed E-state index contributed by atoms with van der Waals surface area (Å²) >= 11 is 1.26. The zero-order chi connectivity index (χ0) is 29.1. The molecule has 4 aromatic rings. The molecule has 0 aliphatic carbocycles. The van der Waals surface area contributed by atoms with Crippen LogP contribution in [0.3, 0.4) is 0 Å². The normalized spacial score (nSPS) is 14.7. The average Bonchev–Trinajstić information content (AvgIpc) is 3.27. The summed E-state index contributed by atoms with van der Waals surface area (Å²) in [5.74, 6) is -0.248. The van der Waals surface area contributed by atoms with Gasteiger partial charge in [-0.1, -0.05) is 59.9 Å². The summed E-state index contributed by atoms with van der Waals surface area (Å²) in [6.45, 7) is 5.63. The van der Waals surface area contributed by atoms with E-state index >= 15 is 0 Å². The number of hydrogen-bond acceptors (Lipinski definition) is 7. The summed E-state index contributed by atoms with van der Waals surface area (Å²) in [4.78, 5) is 43.8. The van der Waals surface area contributed by atoms with Crippen molar-refractivity contribution in [3.05, 3.63) is 126 Å². The Labute approximate surface area is 240 Å². The third-order valence-corrected chi connectivity index (χ3v) is 7.86. The highest BCUT2D eigenvalue weighted by Gasteiger charge is 2.32. The Bertz CT molecular complexity index is 1840. The van der Waals surface area contributed by atoms with Crippen molar-refractivity contribution < 1.29 is 19.1 Å². The molecule has 5 rings (SSSR count). The molecule has 1 aliphatic rings. The van der Waals surface area contributed by atoms with E-state index in [1.54, 1.807) is 29.7 Å². The van der Waals surface area contributed by atoms with Crippen molar-refractivity contribution in [1.29, 1.82) is 0 Å². The highest BCUT2D eigenvalue weighted by atomic mass is 32.1. The van der Waals surface area contributed by atoms with E-state index < -0.39 is 12.0 Å². The van der Waals surface area contributed by atoms with Gasteiger partial charge in [0.1, 0.15) is 5.75 Å². The largest absolute Gasteiger partial charge is 0.484 e. The van der Waals surface area contributed by atoms with E-state index in [0.29, 0.717) is 26.4 Å². The summed E-state index contributed by atoms with van der Waals surface area (Å²) < 4.78 is 12.7. The van der Waals surface area contributed by atoms with E-state index in [-0.39, 0.29) is 18.1 Å². The monoisotopic (exact) mass is 567 g/mol. The van der Waals surface area contributed by atoms with Gasteiger partial charge in [0.15, 0.2) is 11.4 Å². The van der Waals surface area contributed by atoms with Crippen molar-refractivity contribution >= 4 is 35.0 Å². The molecule has 0 saturated carbocycles. The van der Waals surface area contributed by atoms with Crippen LogP contribution in [-0.2, 0) is 14.3 Å². The van der Waals surface area contributed by atoms with E-state index in [0.717, 1.165) is 27.9 Å². The maximum Gasteiger partial charge on any atom is 0.338 e. The lowest BCUT2D eigenvalue weighted by Crippen LogP contribution is -2.39. The molecule has 9 heteroatoms. The number of anilines is 1. The lowest BCUT2D eigenvalue weighted by atomic mass is 9.96. The fourth-order valence-electron chi connectivity index (χ4n) is 4.62. The second-order valence-corrected chi connectivity index (χ2v) is 10.7. The van der Waals surface area contributed by atoms with Gasteiger partial charge < -0.3 is 14.8 Å².